The van der Waals surface area contributed by atoms with Crippen LogP contribution in [0.4, 0.5) is 0 Å². The predicted molar refractivity (Wildman–Crippen MR) is 127 cm³/mol. The van der Waals surface area contributed by atoms with Crippen molar-refractivity contribution in [1.82, 2.24) is 10.2 Å². The van der Waals surface area contributed by atoms with Crippen LogP contribution < -0.4 is 10.1 Å². The molecule has 2 aromatic rings. The number of esters is 1. The Morgan fingerprint density at radius 2 is 1.85 bits per heavy atom. The van der Waals surface area contributed by atoms with Gasteiger partial charge in [-0.1, -0.05) is 17.7 Å². The van der Waals surface area contributed by atoms with E-state index in [0.717, 1.165) is 5.56 Å². The maximum atomic E-state index is 13.1. The molecule has 11 heteroatoms. The summed E-state index contributed by atoms with van der Waals surface area (Å²) in [5, 5.41) is 15.1. The molecule has 3 heterocycles. The molecule has 2 saturated heterocycles. The fourth-order valence-electron chi connectivity index (χ4n) is 4.00. The second kappa shape index (κ2) is 9.79. The topological polar surface area (TPSA) is 113 Å². The van der Waals surface area contributed by atoms with Gasteiger partial charge in [0.05, 0.1) is 0 Å². The van der Waals surface area contributed by atoms with Gasteiger partial charge in [-0.3, -0.25) is 14.4 Å². The third kappa shape index (κ3) is 4.85. The maximum absolute atomic E-state index is 13.1. The molecule has 170 valence electrons. The Kier molecular flexibility index (Phi) is 7.65. The molecule has 0 aliphatic carbocycles. The van der Waals surface area contributed by atoms with Gasteiger partial charge in [-0.05, 0) is 55.3 Å². The van der Waals surface area contributed by atoms with Crippen LogP contribution in [-0.2, 0) is 19.2 Å². The van der Waals surface area contributed by atoms with Crippen LogP contribution in [0.25, 0.3) is 0 Å². The third-order valence-electron chi connectivity index (χ3n) is 5.59. The second-order valence-electron chi connectivity index (χ2n) is 8.31. The van der Waals surface area contributed by atoms with E-state index in [9.17, 15) is 24.3 Å². The van der Waals surface area contributed by atoms with Gasteiger partial charge in [0, 0.05) is 4.75 Å². The van der Waals surface area contributed by atoms with Crippen molar-refractivity contribution in [3.8, 4) is 5.75 Å². The number of rotatable bonds is 6. The Morgan fingerprint density at radius 3 is 2.42 bits per heavy atom. The molecule has 1 aromatic carbocycles. The molecule has 2 aliphatic rings. The number of carbonyl (C=O) groups excluding carboxylic acids is 3. The van der Waals surface area contributed by atoms with E-state index in [0.29, 0.717) is 11.3 Å². The fourth-order valence-corrected chi connectivity index (χ4v) is 6.31. The number of hydrogen-bond acceptors (Lipinski definition) is 7. The van der Waals surface area contributed by atoms with Gasteiger partial charge < -0.3 is 20.1 Å². The number of fused-ring (bicyclic) bond motifs is 1. The zero-order valence-electron chi connectivity index (χ0n) is 17.6. The number of ether oxygens (including phenoxy) is 1. The zero-order valence-corrected chi connectivity index (χ0v) is 19.2. The number of aliphatic carboxylic acids is 1. The fraction of sp³-hybridized carbons (Fsp3) is 0.364. The summed E-state index contributed by atoms with van der Waals surface area (Å²) in [6.45, 7) is 5.42. The summed E-state index contributed by atoms with van der Waals surface area (Å²) in [5.41, 5.74) is 1.47. The van der Waals surface area contributed by atoms with E-state index in [1.165, 1.54) is 28.0 Å². The van der Waals surface area contributed by atoms with Crippen molar-refractivity contribution < 1.29 is 29.0 Å². The monoisotopic (exact) mass is 498 g/mol. The summed E-state index contributed by atoms with van der Waals surface area (Å²) in [7, 11) is 0. The molecule has 2 N–H and O–H groups in total. The molecule has 1 unspecified atom stereocenters. The average Bonchev–Trinajstić information content (AvgIpc) is 3.32. The quantitative estimate of drug-likeness (QED) is 0.205. The Hall–Kier alpha value is -1.85. The Labute approximate surface area is 221 Å². The normalized spacial score (nSPS) is 23.5. The number of nitrogens with one attached hydrogen (secondary N) is 1. The Morgan fingerprint density at radius 1 is 1.18 bits per heavy atom. The van der Waals surface area contributed by atoms with Crippen LogP contribution in [0.15, 0.2) is 41.1 Å². The number of thiophene rings is 1. The van der Waals surface area contributed by atoms with E-state index < -0.39 is 51.9 Å². The van der Waals surface area contributed by atoms with Crippen LogP contribution in [0.3, 0.4) is 0 Å². The molecule has 0 saturated carbocycles. The number of benzene rings is 1. The van der Waals surface area contributed by atoms with Gasteiger partial charge in [0.1, 0.15) is 23.2 Å². The molecule has 0 radical (unpaired) electrons. The summed E-state index contributed by atoms with van der Waals surface area (Å²) in [6.07, 6.45) is 0. The molecule has 2 aliphatic heterocycles. The number of thioether (sulfide) groups is 1. The van der Waals surface area contributed by atoms with Crippen molar-refractivity contribution >= 4 is 76.4 Å². The summed E-state index contributed by atoms with van der Waals surface area (Å²) in [6, 6.07) is 6.66. The minimum absolute atomic E-state index is 0. The molecule has 4 atom stereocenters. The summed E-state index contributed by atoms with van der Waals surface area (Å²) < 4.78 is 4.73. The molecule has 0 bridgehead atoms. The SMILES string of the molecule is Cc1ccc(OC(=O)C(C(=O)N[C@@H]2C(=O)N3[C@@H]2SC(C)(C)[C@@H]3C(=O)O)c2ccsc2)cc1.[NaH]. The minimum atomic E-state index is -1.25. The van der Waals surface area contributed by atoms with Gasteiger partial charge in [0.15, 0.2) is 5.92 Å². The number of amides is 2. The molecule has 8 nitrogen and oxygen atoms in total. The number of β-lactam (4-membered cyclic amide) rings is 1. The molecule has 4 rings (SSSR count). The van der Waals surface area contributed by atoms with Crippen LogP contribution in [0, 0.1) is 6.92 Å². The molecule has 33 heavy (non-hydrogen) atoms. The number of carbonyl (C=O) groups is 4. The Balaban J connectivity index is 0.00000306. The molecule has 2 fully saturated rings. The first-order valence-electron chi connectivity index (χ1n) is 9.94. The van der Waals surface area contributed by atoms with Crippen LogP contribution in [0.1, 0.15) is 30.9 Å². The van der Waals surface area contributed by atoms with Gasteiger partial charge >= 0.3 is 41.5 Å². The van der Waals surface area contributed by atoms with Gasteiger partial charge in [-0.15, -0.1) is 11.8 Å². The number of hydrogen-bond donors (Lipinski definition) is 2. The van der Waals surface area contributed by atoms with E-state index in [4.69, 9.17) is 4.74 Å². The van der Waals surface area contributed by atoms with Crippen LogP contribution in [0.5, 0.6) is 5.75 Å². The molecular weight excluding hydrogens is 475 g/mol. The van der Waals surface area contributed by atoms with Crippen molar-refractivity contribution in [1.29, 1.82) is 0 Å². The average molecular weight is 499 g/mol. The van der Waals surface area contributed by atoms with Crippen molar-refractivity contribution in [3.05, 3.63) is 52.2 Å². The Bertz CT molecular complexity index is 1070. The van der Waals surface area contributed by atoms with E-state index in [2.05, 4.69) is 5.32 Å². The van der Waals surface area contributed by atoms with Crippen molar-refractivity contribution in [3.63, 3.8) is 0 Å². The first-order chi connectivity index (χ1) is 15.1. The van der Waals surface area contributed by atoms with E-state index in [1.54, 1.807) is 54.9 Å². The van der Waals surface area contributed by atoms with Crippen LogP contribution >= 0.6 is 23.1 Å². The van der Waals surface area contributed by atoms with Gasteiger partial charge in [0.25, 0.3) is 0 Å². The van der Waals surface area contributed by atoms with E-state index >= 15 is 0 Å². The number of aryl methyl sites for hydroxylation is 1. The van der Waals surface area contributed by atoms with Crippen LogP contribution in [0.2, 0.25) is 0 Å². The first kappa shape index (κ1) is 25.8. The molecule has 1 aromatic heterocycles. The van der Waals surface area contributed by atoms with E-state index in [1.807, 2.05) is 6.92 Å². The first-order valence-corrected chi connectivity index (χ1v) is 11.8. The molecule has 2 amide bonds. The summed E-state index contributed by atoms with van der Waals surface area (Å²) in [5.74, 6) is -3.89. The second-order valence-corrected chi connectivity index (χ2v) is 10.9. The number of nitrogens with zero attached hydrogens (tertiary/aromatic N) is 1. The van der Waals surface area contributed by atoms with Crippen molar-refractivity contribution in [2.45, 2.75) is 48.9 Å². The van der Waals surface area contributed by atoms with Crippen LogP contribution in [-0.4, -0.2) is 85.5 Å². The zero-order chi connectivity index (χ0) is 23.2. The van der Waals surface area contributed by atoms with Gasteiger partial charge in [-0.25, -0.2) is 4.79 Å². The number of carboxylic acid groups (broad SMARTS) is 1. The molecule has 0 spiro atoms. The number of carboxylic acids is 1. The molecular formula is C22H23N2NaO6S2. The van der Waals surface area contributed by atoms with Gasteiger partial charge in [-0.2, -0.15) is 11.3 Å². The summed E-state index contributed by atoms with van der Waals surface area (Å²) in [4.78, 5) is 51.7. The van der Waals surface area contributed by atoms with Gasteiger partial charge in [0.2, 0.25) is 11.8 Å². The van der Waals surface area contributed by atoms with Crippen molar-refractivity contribution in [2.75, 3.05) is 0 Å². The standard InChI is InChI=1S/C22H22N2O6S2.Na.H/c1-11-4-6-13(7-5-11)30-21(29)14(12-8-9-31-10-12)17(25)23-15-18(26)24-16(20(27)28)22(2,3)32-19(15)24;;/h4-10,14-16,19H,1-3H3,(H,23,25)(H,27,28);;/t14?,15-,16+,19-;;/m1../s1. The third-order valence-corrected chi connectivity index (χ3v) is 7.86. The van der Waals surface area contributed by atoms with Crippen molar-refractivity contribution in [2.24, 2.45) is 0 Å². The predicted octanol–water partition coefficient (Wildman–Crippen LogP) is 1.73. The summed E-state index contributed by atoms with van der Waals surface area (Å²) >= 11 is 2.66. The van der Waals surface area contributed by atoms with E-state index in [-0.39, 0.29) is 29.6 Å².